The van der Waals surface area contributed by atoms with Gasteiger partial charge >= 0.3 is 0 Å². The SMILES string of the molecule is CCCCCCNCCN1CCNCC1. The topological polar surface area (TPSA) is 27.3 Å². The molecule has 0 aliphatic carbocycles. The van der Waals surface area contributed by atoms with Gasteiger partial charge in [0.25, 0.3) is 0 Å². The maximum Gasteiger partial charge on any atom is 0.0108 e. The molecular weight excluding hydrogens is 186 g/mol. The maximum atomic E-state index is 3.53. The highest BCUT2D eigenvalue weighted by atomic mass is 15.2. The van der Waals surface area contributed by atoms with E-state index in [-0.39, 0.29) is 0 Å². The van der Waals surface area contributed by atoms with Gasteiger partial charge in [0.2, 0.25) is 0 Å². The number of nitrogens with zero attached hydrogens (tertiary/aromatic N) is 1. The minimum absolute atomic E-state index is 1.16. The van der Waals surface area contributed by atoms with E-state index in [4.69, 9.17) is 0 Å². The Balaban J connectivity index is 1.79. The molecule has 90 valence electrons. The Bertz CT molecular complexity index is 133. The minimum Gasteiger partial charge on any atom is -0.315 e. The standard InChI is InChI=1S/C12H27N3/c1-2-3-4-5-6-13-7-10-15-11-8-14-9-12-15/h13-14H,2-12H2,1H3. The second-order valence-electron chi connectivity index (χ2n) is 4.40. The molecule has 0 bridgehead atoms. The molecule has 1 aliphatic rings. The van der Waals surface area contributed by atoms with Crippen molar-refractivity contribution in [1.29, 1.82) is 0 Å². The molecule has 0 spiro atoms. The van der Waals surface area contributed by atoms with Gasteiger partial charge in [-0.2, -0.15) is 0 Å². The lowest BCUT2D eigenvalue weighted by atomic mass is 10.2. The Morgan fingerprint density at radius 3 is 2.60 bits per heavy atom. The number of hydrogen-bond donors (Lipinski definition) is 2. The summed E-state index contributed by atoms with van der Waals surface area (Å²) < 4.78 is 0. The van der Waals surface area contributed by atoms with Crippen LogP contribution in [0.4, 0.5) is 0 Å². The van der Waals surface area contributed by atoms with Crippen LogP contribution in [0.3, 0.4) is 0 Å². The van der Waals surface area contributed by atoms with Crippen molar-refractivity contribution in [3.63, 3.8) is 0 Å². The number of piperazine rings is 1. The molecule has 0 aromatic carbocycles. The van der Waals surface area contributed by atoms with Gasteiger partial charge in [-0.1, -0.05) is 26.2 Å². The zero-order chi connectivity index (χ0) is 10.8. The lowest BCUT2D eigenvalue weighted by molar-refractivity contribution is 0.241. The predicted octanol–water partition coefficient (Wildman–Crippen LogP) is 1.06. The average Bonchev–Trinajstić information content (AvgIpc) is 2.29. The number of nitrogens with one attached hydrogen (secondary N) is 2. The van der Waals surface area contributed by atoms with E-state index in [1.54, 1.807) is 0 Å². The molecule has 3 heteroatoms. The Morgan fingerprint density at radius 1 is 1.07 bits per heavy atom. The van der Waals surface area contributed by atoms with E-state index in [9.17, 15) is 0 Å². The number of unbranched alkanes of at least 4 members (excludes halogenated alkanes) is 3. The Labute approximate surface area is 94.6 Å². The molecule has 1 saturated heterocycles. The molecule has 0 radical (unpaired) electrons. The molecule has 0 saturated carbocycles. The summed E-state index contributed by atoms with van der Waals surface area (Å²) >= 11 is 0. The van der Waals surface area contributed by atoms with Crippen LogP contribution in [0.25, 0.3) is 0 Å². The van der Waals surface area contributed by atoms with Gasteiger partial charge in [-0.05, 0) is 13.0 Å². The summed E-state index contributed by atoms with van der Waals surface area (Å²) in [5.41, 5.74) is 0. The first kappa shape index (κ1) is 12.9. The lowest BCUT2D eigenvalue weighted by Gasteiger charge is -2.27. The van der Waals surface area contributed by atoms with Crippen LogP contribution in [-0.2, 0) is 0 Å². The second-order valence-corrected chi connectivity index (χ2v) is 4.40. The van der Waals surface area contributed by atoms with Gasteiger partial charge in [0.05, 0.1) is 0 Å². The van der Waals surface area contributed by atoms with Crippen LogP contribution >= 0.6 is 0 Å². The minimum atomic E-state index is 1.16. The molecule has 0 aromatic heterocycles. The van der Waals surface area contributed by atoms with Crippen LogP contribution in [0.5, 0.6) is 0 Å². The molecule has 1 aliphatic heterocycles. The quantitative estimate of drug-likeness (QED) is 0.591. The maximum absolute atomic E-state index is 3.53. The predicted molar refractivity (Wildman–Crippen MR) is 66.3 cm³/mol. The number of rotatable bonds is 8. The van der Waals surface area contributed by atoms with Gasteiger partial charge in [0.15, 0.2) is 0 Å². The smallest absolute Gasteiger partial charge is 0.0108 e. The zero-order valence-electron chi connectivity index (χ0n) is 10.2. The van der Waals surface area contributed by atoms with Gasteiger partial charge in [-0.3, -0.25) is 4.90 Å². The first-order chi connectivity index (χ1) is 7.43. The van der Waals surface area contributed by atoms with Crippen molar-refractivity contribution in [1.82, 2.24) is 15.5 Å². The molecule has 0 aromatic rings. The first-order valence-corrected chi connectivity index (χ1v) is 6.57. The highest BCUT2D eigenvalue weighted by Crippen LogP contribution is 1.97. The third-order valence-electron chi connectivity index (χ3n) is 3.02. The van der Waals surface area contributed by atoms with Crippen molar-refractivity contribution in [2.75, 3.05) is 45.8 Å². The van der Waals surface area contributed by atoms with Crippen LogP contribution in [0.1, 0.15) is 32.6 Å². The van der Waals surface area contributed by atoms with Crippen molar-refractivity contribution >= 4 is 0 Å². The van der Waals surface area contributed by atoms with E-state index >= 15 is 0 Å². The molecule has 0 amide bonds. The van der Waals surface area contributed by atoms with Crippen molar-refractivity contribution in [3.05, 3.63) is 0 Å². The van der Waals surface area contributed by atoms with Crippen LogP contribution in [-0.4, -0.2) is 50.7 Å². The molecule has 1 heterocycles. The van der Waals surface area contributed by atoms with Crippen LogP contribution in [0, 0.1) is 0 Å². The van der Waals surface area contributed by atoms with E-state index in [1.807, 2.05) is 0 Å². The second kappa shape index (κ2) is 9.13. The van der Waals surface area contributed by atoms with Crippen LogP contribution in [0.15, 0.2) is 0 Å². The number of hydrogen-bond acceptors (Lipinski definition) is 3. The van der Waals surface area contributed by atoms with Crippen molar-refractivity contribution in [3.8, 4) is 0 Å². The normalized spacial score (nSPS) is 18.2. The monoisotopic (exact) mass is 213 g/mol. The van der Waals surface area contributed by atoms with Crippen molar-refractivity contribution in [2.45, 2.75) is 32.6 Å². The third kappa shape index (κ3) is 6.88. The third-order valence-corrected chi connectivity index (χ3v) is 3.02. The highest BCUT2D eigenvalue weighted by molar-refractivity contribution is 4.68. The molecule has 1 rings (SSSR count). The summed E-state index contributed by atoms with van der Waals surface area (Å²) in [5, 5.41) is 6.91. The van der Waals surface area contributed by atoms with Crippen molar-refractivity contribution < 1.29 is 0 Å². The van der Waals surface area contributed by atoms with E-state index in [1.165, 1.54) is 51.9 Å². The van der Waals surface area contributed by atoms with E-state index in [0.717, 1.165) is 19.6 Å². The summed E-state index contributed by atoms with van der Waals surface area (Å²) in [6.07, 6.45) is 5.45. The molecule has 0 unspecified atom stereocenters. The van der Waals surface area contributed by atoms with E-state index < -0.39 is 0 Å². The molecular formula is C12H27N3. The van der Waals surface area contributed by atoms with E-state index in [0.29, 0.717) is 0 Å². The van der Waals surface area contributed by atoms with Gasteiger partial charge in [0, 0.05) is 39.3 Å². The Morgan fingerprint density at radius 2 is 1.87 bits per heavy atom. The van der Waals surface area contributed by atoms with Crippen molar-refractivity contribution in [2.24, 2.45) is 0 Å². The molecule has 2 N–H and O–H groups in total. The van der Waals surface area contributed by atoms with Crippen LogP contribution < -0.4 is 10.6 Å². The highest BCUT2D eigenvalue weighted by Gasteiger charge is 2.07. The van der Waals surface area contributed by atoms with Crippen LogP contribution in [0.2, 0.25) is 0 Å². The molecule has 15 heavy (non-hydrogen) atoms. The summed E-state index contributed by atoms with van der Waals surface area (Å²) in [6, 6.07) is 0. The largest absolute Gasteiger partial charge is 0.315 e. The summed E-state index contributed by atoms with van der Waals surface area (Å²) in [6.45, 7) is 10.6. The summed E-state index contributed by atoms with van der Waals surface area (Å²) in [5.74, 6) is 0. The molecule has 1 fully saturated rings. The van der Waals surface area contributed by atoms with Gasteiger partial charge in [0.1, 0.15) is 0 Å². The zero-order valence-corrected chi connectivity index (χ0v) is 10.2. The fourth-order valence-electron chi connectivity index (χ4n) is 1.97. The van der Waals surface area contributed by atoms with E-state index in [2.05, 4.69) is 22.5 Å². The van der Waals surface area contributed by atoms with Gasteiger partial charge in [-0.15, -0.1) is 0 Å². The van der Waals surface area contributed by atoms with Gasteiger partial charge in [-0.25, -0.2) is 0 Å². The lowest BCUT2D eigenvalue weighted by Crippen LogP contribution is -2.45. The van der Waals surface area contributed by atoms with Gasteiger partial charge < -0.3 is 10.6 Å². The molecule has 0 atom stereocenters. The summed E-state index contributed by atoms with van der Waals surface area (Å²) in [4.78, 5) is 2.54. The fraction of sp³-hybridized carbons (Fsp3) is 1.00. The molecule has 3 nitrogen and oxygen atoms in total. The average molecular weight is 213 g/mol. The fourth-order valence-corrected chi connectivity index (χ4v) is 1.97. The Hall–Kier alpha value is -0.120. The summed E-state index contributed by atoms with van der Waals surface area (Å²) in [7, 11) is 0. The first-order valence-electron chi connectivity index (χ1n) is 6.57. The Kier molecular flexibility index (Phi) is 7.88.